The van der Waals surface area contributed by atoms with Crippen molar-refractivity contribution in [3.8, 4) is 6.07 Å². The molecule has 56 valence electrons. The number of nitriles is 1. The molecule has 1 nitrogen and oxygen atoms in total. The molecule has 1 atom stereocenters. The average molecular weight is 257 g/mol. The number of hydrogen-bond donors (Lipinski definition) is 0. The molecular weight excluding hydrogens is 249 g/mol. The molecule has 0 radical (unpaired) electrons. The standard InChI is InChI=1S/C9H8IN/c1-7(6-11)8-3-2-4-9(10)5-8/h2-5,7H,1H3. The van der Waals surface area contributed by atoms with Crippen LogP contribution in [0.25, 0.3) is 0 Å². The van der Waals surface area contributed by atoms with Crippen molar-refractivity contribution in [2.45, 2.75) is 12.8 Å². The van der Waals surface area contributed by atoms with Gasteiger partial charge in [-0.2, -0.15) is 5.26 Å². The predicted molar refractivity (Wildman–Crippen MR) is 53.2 cm³/mol. The molecule has 0 heterocycles. The fourth-order valence-electron chi connectivity index (χ4n) is 0.850. The van der Waals surface area contributed by atoms with Gasteiger partial charge >= 0.3 is 0 Å². The zero-order valence-corrected chi connectivity index (χ0v) is 8.37. The molecule has 1 aromatic carbocycles. The van der Waals surface area contributed by atoms with Crippen LogP contribution < -0.4 is 0 Å². The first-order valence-corrected chi connectivity index (χ1v) is 4.47. The fourth-order valence-corrected chi connectivity index (χ4v) is 1.42. The lowest BCUT2D eigenvalue weighted by atomic mass is 10.0. The van der Waals surface area contributed by atoms with Gasteiger partial charge in [0.2, 0.25) is 0 Å². The lowest BCUT2D eigenvalue weighted by Gasteiger charge is -2.01. The number of hydrogen-bond acceptors (Lipinski definition) is 1. The third-order valence-corrected chi connectivity index (χ3v) is 2.21. The highest BCUT2D eigenvalue weighted by molar-refractivity contribution is 14.1. The molecule has 0 aliphatic carbocycles. The molecule has 0 amide bonds. The van der Waals surface area contributed by atoms with E-state index in [1.165, 1.54) is 3.57 Å². The lowest BCUT2D eigenvalue weighted by molar-refractivity contribution is 0.980. The number of rotatable bonds is 1. The molecule has 0 saturated carbocycles. The van der Waals surface area contributed by atoms with Crippen molar-refractivity contribution in [3.63, 3.8) is 0 Å². The van der Waals surface area contributed by atoms with E-state index in [1.807, 2.05) is 31.2 Å². The van der Waals surface area contributed by atoms with E-state index in [0.29, 0.717) is 0 Å². The van der Waals surface area contributed by atoms with E-state index in [9.17, 15) is 0 Å². The SMILES string of the molecule is CC(C#N)c1cccc(I)c1. The first kappa shape index (κ1) is 8.54. The van der Waals surface area contributed by atoms with Crippen LogP contribution in [-0.2, 0) is 0 Å². The quantitative estimate of drug-likeness (QED) is 0.709. The molecule has 0 spiro atoms. The third-order valence-electron chi connectivity index (χ3n) is 1.54. The zero-order valence-electron chi connectivity index (χ0n) is 6.21. The molecule has 0 aliphatic heterocycles. The van der Waals surface area contributed by atoms with Gasteiger partial charge in [0.15, 0.2) is 0 Å². The Labute approximate surface area is 80.2 Å². The van der Waals surface area contributed by atoms with E-state index in [-0.39, 0.29) is 5.92 Å². The summed E-state index contributed by atoms with van der Waals surface area (Å²) in [5.41, 5.74) is 1.10. The van der Waals surface area contributed by atoms with Gasteiger partial charge in [0, 0.05) is 3.57 Å². The molecule has 0 aliphatic rings. The first-order chi connectivity index (χ1) is 5.24. The van der Waals surface area contributed by atoms with Gasteiger partial charge in [-0.25, -0.2) is 0 Å². The molecule has 11 heavy (non-hydrogen) atoms. The Morgan fingerprint density at radius 2 is 2.27 bits per heavy atom. The molecule has 0 aromatic heterocycles. The molecule has 2 heteroatoms. The van der Waals surface area contributed by atoms with E-state index >= 15 is 0 Å². The third kappa shape index (κ3) is 2.19. The minimum atomic E-state index is 0.00437. The Kier molecular flexibility index (Phi) is 2.89. The zero-order chi connectivity index (χ0) is 8.27. The van der Waals surface area contributed by atoms with Crippen LogP contribution in [0.4, 0.5) is 0 Å². The summed E-state index contributed by atoms with van der Waals surface area (Å²) >= 11 is 2.25. The number of halogens is 1. The summed E-state index contributed by atoms with van der Waals surface area (Å²) in [5.74, 6) is 0.00437. The molecule has 1 rings (SSSR count). The summed E-state index contributed by atoms with van der Waals surface area (Å²) in [5, 5.41) is 8.63. The van der Waals surface area contributed by atoms with Crippen LogP contribution in [0.1, 0.15) is 18.4 Å². The van der Waals surface area contributed by atoms with Crippen molar-refractivity contribution in [2.24, 2.45) is 0 Å². The van der Waals surface area contributed by atoms with Gasteiger partial charge in [-0.05, 0) is 47.2 Å². The highest BCUT2D eigenvalue weighted by atomic mass is 127. The number of benzene rings is 1. The van der Waals surface area contributed by atoms with Crippen molar-refractivity contribution in [1.82, 2.24) is 0 Å². The minimum Gasteiger partial charge on any atom is -0.198 e. The average Bonchev–Trinajstić information content (AvgIpc) is 2.03. The predicted octanol–water partition coefficient (Wildman–Crippen LogP) is 2.92. The maximum Gasteiger partial charge on any atom is 0.0700 e. The summed E-state index contributed by atoms with van der Waals surface area (Å²) in [6, 6.07) is 10.2. The Bertz CT molecular complexity index is 288. The van der Waals surface area contributed by atoms with Crippen LogP contribution in [0, 0.1) is 14.9 Å². The Morgan fingerprint density at radius 1 is 1.55 bits per heavy atom. The van der Waals surface area contributed by atoms with Gasteiger partial charge in [0.05, 0.1) is 12.0 Å². The van der Waals surface area contributed by atoms with Crippen molar-refractivity contribution < 1.29 is 0 Å². The molecule has 1 aromatic rings. The summed E-state index contributed by atoms with van der Waals surface area (Å²) in [6.07, 6.45) is 0. The summed E-state index contributed by atoms with van der Waals surface area (Å²) in [6.45, 7) is 1.91. The first-order valence-electron chi connectivity index (χ1n) is 3.39. The van der Waals surface area contributed by atoms with Gasteiger partial charge in [-0.3, -0.25) is 0 Å². The summed E-state index contributed by atoms with van der Waals surface area (Å²) in [4.78, 5) is 0. The molecule has 0 bridgehead atoms. The Hall–Kier alpha value is -0.560. The van der Waals surface area contributed by atoms with Gasteiger partial charge in [-0.1, -0.05) is 12.1 Å². The second-order valence-electron chi connectivity index (χ2n) is 2.41. The van der Waals surface area contributed by atoms with Crippen LogP contribution in [0.15, 0.2) is 24.3 Å². The molecule has 0 fully saturated rings. The second-order valence-corrected chi connectivity index (χ2v) is 3.65. The molecular formula is C9H8IN. The van der Waals surface area contributed by atoms with Gasteiger partial charge < -0.3 is 0 Å². The van der Waals surface area contributed by atoms with Crippen molar-refractivity contribution in [3.05, 3.63) is 33.4 Å². The highest BCUT2D eigenvalue weighted by Crippen LogP contribution is 2.16. The van der Waals surface area contributed by atoms with E-state index in [4.69, 9.17) is 5.26 Å². The minimum absolute atomic E-state index is 0.00437. The lowest BCUT2D eigenvalue weighted by Crippen LogP contribution is -1.88. The van der Waals surface area contributed by atoms with Gasteiger partial charge in [0.1, 0.15) is 0 Å². The Balaban J connectivity index is 2.98. The largest absolute Gasteiger partial charge is 0.198 e. The van der Waals surface area contributed by atoms with Crippen LogP contribution in [-0.4, -0.2) is 0 Å². The highest BCUT2D eigenvalue weighted by Gasteiger charge is 2.01. The molecule has 1 unspecified atom stereocenters. The van der Waals surface area contributed by atoms with Crippen LogP contribution >= 0.6 is 22.6 Å². The molecule has 0 N–H and O–H groups in total. The van der Waals surface area contributed by atoms with Crippen molar-refractivity contribution >= 4 is 22.6 Å². The summed E-state index contributed by atoms with van der Waals surface area (Å²) < 4.78 is 1.18. The Morgan fingerprint density at radius 3 is 2.82 bits per heavy atom. The van der Waals surface area contributed by atoms with Crippen LogP contribution in [0.3, 0.4) is 0 Å². The van der Waals surface area contributed by atoms with Crippen molar-refractivity contribution in [2.75, 3.05) is 0 Å². The van der Waals surface area contributed by atoms with E-state index in [2.05, 4.69) is 28.7 Å². The number of nitrogens with zero attached hydrogens (tertiary/aromatic N) is 1. The van der Waals surface area contributed by atoms with E-state index in [0.717, 1.165) is 5.56 Å². The van der Waals surface area contributed by atoms with E-state index < -0.39 is 0 Å². The monoisotopic (exact) mass is 257 g/mol. The maximum absolute atomic E-state index is 8.63. The fraction of sp³-hybridized carbons (Fsp3) is 0.222. The van der Waals surface area contributed by atoms with Gasteiger partial charge in [-0.15, -0.1) is 0 Å². The normalized spacial score (nSPS) is 12.1. The smallest absolute Gasteiger partial charge is 0.0700 e. The van der Waals surface area contributed by atoms with Crippen LogP contribution in [0.5, 0.6) is 0 Å². The molecule has 0 saturated heterocycles. The van der Waals surface area contributed by atoms with Crippen LogP contribution in [0.2, 0.25) is 0 Å². The topological polar surface area (TPSA) is 23.8 Å². The maximum atomic E-state index is 8.63. The second kappa shape index (κ2) is 3.72. The summed E-state index contributed by atoms with van der Waals surface area (Å²) in [7, 11) is 0. The van der Waals surface area contributed by atoms with E-state index in [1.54, 1.807) is 0 Å². The van der Waals surface area contributed by atoms with Gasteiger partial charge in [0.25, 0.3) is 0 Å². The van der Waals surface area contributed by atoms with Crippen molar-refractivity contribution in [1.29, 1.82) is 5.26 Å².